The van der Waals surface area contributed by atoms with E-state index in [1.54, 1.807) is 4.90 Å². The molecule has 29 heavy (non-hydrogen) atoms. The maximum atomic E-state index is 11.9. The molecule has 7 heteroatoms. The van der Waals surface area contributed by atoms with E-state index in [2.05, 4.69) is 52.6 Å². The van der Waals surface area contributed by atoms with Gasteiger partial charge >= 0.3 is 6.09 Å². The fourth-order valence-corrected chi connectivity index (χ4v) is 3.67. The van der Waals surface area contributed by atoms with Gasteiger partial charge < -0.3 is 20.3 Å². The van der Waals surface area contributed by atoms with Gasteiger partial charge in [-0.15, -0.1) is 0 Å². The molecule has 3 rings (SSSR count). The molecular weight excluding hydrogens is 366 g/mol. The van der Waals surface area contributed by atoms with Crippen LogP contribution in [0, 0.1) is 13.8 Å². The molecule has 2 N–H and O–H groups in total. The lowest BCUT2D eigenvalue weighted by molar-refractivity contribution is 0.0983. The van der Waals surface area contributed by atoms with Gasteiger partial charge in [0.2, 0.25) is 0 Å². The standard InChI is InChI=1S/C22H31N5O2/c1-5-17-9-7-8-15(3)21(17)26-20-14-19(23-16(4)24-20)25-18-10-12-27(13-11-18)22(28)29-6-2/h7-9,14,18H,5-6,10-13H2,1-4H3,(H2,23,24,25,26). The first-order valence-electron chi connectivity index (χ1n) is 10.4. The van der Waals surface area contributed by atoms with Crippen LogP contribution in [0.5, 0.6) is 0 Å². The van der Waals surface area contributed by atoms with Crippen molar-refractivity contribution in [2.45, 2.75) is 53.0 Å². The minimum atomic E-state index is -0.222. The van der Waals surface area contributed by atoms with E-state index in [0.717, 1.165) is 36.6 Å². The average molecular weight is 398 g/mol. The van der Waals surface area contributed by atoms with Gasteiger partial charge in [0.25, 0.3) is 0 Å². The SMILES string of the molecule is CCOC(=O)N1CCC(Nc2cc(Nc3c(C)cccc3CC)nc(C)n2)CC1. The molecular formula is C22H31N5O2. The molecule has 156 valence electrons. The number of benzene rings is 1. The Hall–Kier alpha value is -2.83. The molecule has 2 heterocycles. The molecule has 1 saturated heterocycles. The molecule has 0 radical (unpaired) electrons. The van der Waals surface area contributed by atoms with Crippen molar-refractivity contribution in [3.8, 4) is 0 Å². The first-order valence-corrected chi connectivity index (χ1v) is 10.4. The van der Waals surface area contributed by atoms with Gasteiger partial charge in [0.1, 0.15) is 17.5 Å². The van der Waals surface area contributed by atoms with Crippen LogP contribution >= 0.6 is 0 Å². The summed E-state index contributed by atoms with van der Waals surface area (Å²) in [4.78, 5) is 22.7. The van der Waals surface area contributed by atoms with E-state index in [4.69, 9.17) is 4.74 Å². The lowest BCUT2D eigenvalue weighted by Crippen LogP contribution is -2.42. The summed E-state index contributed by atoms with van der Waals surface area (Å²) in [6, 6.07) is 8.55. The van der Waals surface area contributed by atoms with Crippen LogP contribution in [0.15, 0.2) is 24.3 Å². The minimum Gasteiger partial charge on any atom is -0.450 e. The molecule has 2 aromatic rings. The summed E-state index contributed by atoms with van der Waals surface area (Å²) in [6.07, 6.45) is 2.46. The fourth-order valence-electron chi connectivity index (χ4n) is 3.67. The summed E-state index contributed by atoms with van der Waals surface area (Å²) in [5.41, 5.74) is 3.57. The number of likely N-dealkylation sites (tertiary alicyclic amines) is 1. The van der Waals surface area contributed by atoms with Crippen molar-refractivity contribution >= 4 is 23.4 Å². The molecule has 0 bridgehead atoms. The molecule has 1 fully saturated rings. The number of hydrogen-bond donors (Lipinski definition) is 2. The lowest BCUT2D eigenvalue weighted by atomic mass is 10.1. The molecule has 0 saturated carbocycles. The Morgan fingerprint density at radius 3 is 2.59 bits per heavy atom. The van der Waals surface area contributed by atoms with Gasteiger partial charge in [0.15, 0.2) is 0 Å². The number of amides is 1. The van der Waals surface area contributed by atoms with Crippen molar-refractivity contribution in [3.63, 3.8) is 0 Å². The van der Waals surface area contributed by atoms with Crippen molar-refractivity contribution in [2.24, 2.45) is 0 Å². The number of rotatable bonds is 6. The number of ether oxygens (including phenoxy) is 1. The van der Waals surface area contributed by atoms with Gasteiger partial charge in [-0.3, -0.25) is 0 Å². The van der Waals surface area contributed by atoms with Crippen LogP contribution in [0.25, 0.3) is 0 Å². The Morgan fingerprint density at radius 1 is 1.17 bits per heavy atom. The number of nitrogens with zero attached hydrogens (tertiary/aromatic N) is 3. The van der Waals surface area contributed by atoms with Gasteiger partial charge in [-0.25, -0.2) is 14.8 Å². The second-order valence-corrected chi connectivity index (χ2v) is 7.38. The van der Waals surface area contributed by atoms with E-state index in [-0.39, 0.29) is 12.1 Å². The highest BCUT2D eigenvalue weighted by Gasteiger charge is 2.23. The van der Waals surface area contributed by atoms with Crippen LogP contribution in [-0.2, 0) is 11.2 Å². The molecule has 1 aromatic carbocycles. The third-order valence-corrected chi connectivity index (χ3v) is 5.20. The number of piperidine rings is 1. The number of hydrogen-bond acceptors (Lipinski definition) is 6. The predicted octanol–water partition coefficient (Wildman–Crippen LogP) is 4.43. The average Bonchev–Trinajstić information content (AvgIpc) is 2.70. The first kappa shape index (κ1) is 20.9. The Balaban J connectivity index is 1.67. The Morgan fingerprint density at radius 2 is 1.90 bits per heavy atom. The number of carbonyl (C=O) groups excluding carboxylic acids is 1. The van der Waals surface area contributed by atoms with Crippen LogP contribution in [-0.4, -0.2) is 46.7 Å². The van der Waals surface area contributed by atoms with Crippen molar-refractivity contribution in [1.29, 1.82) is 0 Å². The molecule has 0 aliphatic carbocycles. The highest BCUT2D eigenvalue weighted by Crippen LogP contribution is 2.26. The number of nitrogens with one attached hydrogen (secondary N) is 2. The molecule has 1 aromatic heterocycles. The molecule has 0 spiro atoms. The van der Waals surface area contributed by atoms with E-state index >= 15 is 0 Å². The van der Waals surface area contributed by atoms with Crippen LogP contribution in [0.3, 0.4) is 0 Å². The predicted molar refractivity (Wildman–Crippen MR) is 116 cm³/mol. The second kappa shape index (κ2) is 9.58. The quantitative estimate of drug-likeness (QED) is 0.751. The van der Waals surface area contributed by atoms with Crippen molar-refractivity contribution in [1.82, 2.24) is 14.9 Å². The summed E-state index contributed by atoms with van der Waals surface area (Å²) < 4.78 is 5.09. The summed E-state index contributed by atoms with van der Waals surface area (Å²) in [6.45, 7) is 9.78. The van der Waals surface area contributed by atoms with Crippen LogP contribution in [0.1, 0.15) is 43.6 Å². The van der Waals surface area contributed by atoms with Crippen molar-refractivity contribution in [3.05, 3.63) is 41.2 Å². The molecule has 1 amide bonds. The highest BCUT2D eigenvalue weighted by molar-refractivity contribution is 5.68. The van der Waals surface area contributed by atoms with Gasteiger partial charge in [-0.1, -0.05) is 25.1 Å². The number of aryl methyl sites for hydroxylation is 3. The molecule has 7 nitrogen and oxygen atoms in total. The van der Waals surface area contributed by atoms with Crippen molar-refractivity contribution in [2.75, 3.05) is 30.3 Å². The third kappa shape index (κ3) is 5.37. The molecule has 1 aliphatic heterocycles. The smallest absolute Gasteiger partial charge is 0.409 e. The van der Waals surface area contributed by atoms with Gasteiger partial charge in [-0.2, -0.15) is 0 Å². The maximum absolute atomic E-state index is 11.9. The van der Waals surface area contributed by atoms with E-state index in [9.17, 15) is 4.79 Å². The number of anilines is 3. The van der Waals surface area contributed by atoms with E-state index < -0.39 is 0 Å². The van der Waals surface area contributed by atoms with Gasteiger partial charge in [0.05, 0.1) is 6.61 Å². The zero-order valence-electron chi connectivity index (χ0n) is 17.8. The van der Waals surface area contributed by atoms with Crippen LogP contribution in [0.2, 0.25) is 0 Å². The summed E-state index contributed by atoms with van der Waals surface area (Å²) in [7, 11) is 0. The molecule has 0 atom stereocenters. The maximum Gasteiger partial charge on any atom is 0.409 e. The highest BCUT2D eigenvalue weighted by atomic mass is 16.6. The monoisotopic (exact) mass is 397 g/mol. The van der Waals surface area contributed by atoms with Gasteiger partial charge in [0, 0.05) is 30.9 Å². The summed E-state index contributed by atoms with van der Waals surface area (Å²) in [5.74, 6) is 2.31. The summed E-state index contributed by atoms with van der Waals surface area (Å²) in [5, 5.41) is 7.00. The number of carbonyl (C=O) groups is 1. The zero-order valence-corrected chi connectivity index (χ0v) is 17.8. The second-order valence-electron chi connectivity index (χ2n) is 7.38. The summed E-state index contributed by atoms with van der Waals surface area (Å²) >= 11 is 0. The van der Waals surface area contributed by atoms with Crippen LogP contribution in [0.4, 0.5) is 22.1 Å². The van der Waals surface area contributed by atoms with E-state index in [1.807, 2.05) is 19.9 Å². The Kier molecular flexibility index (Phi) is 6.90. The molecule has 0 unspecified atom stereocenters. The molecule has 1 aliphatic rings. The fraction of sp³-hybridized carbons (Fsp3) is 0.500. The normalized spacial score (nSPS) is 14.6. The van der Waals surface area contributed by atoms with Crippen LogP contribution < -0.4 is 10.6 Å². The number of aromatic nitrogens is 2. The third-order valence-electron chi connectivity index (χ3n) is 5.20. The topological polar surface area (TPSA) is 79.4 Å². The van der Waals surface area contributed by atoms with Crippen molar-refractivity contribution < 1.29 is 9.53 Å². The Labute approximate surface area is 172 Å². The zero-order chi connectivity index (χ0) is 20.8. The van der Waals surface area contributed by atoms with E-state index in [0.29, 0.717) is 25.5 Å². The van der Waals surface area contributed by atoms with E-state index in [1.165, 1.54) is 11.1 Å². The Bertz CT molecular complexity index is 847. The minimum absolute atomic E-state index is 0.222. The lowest BCUT2D eigenvalue weighted by Gasteiger charge is -2.31. The van der Waals surface area contributed by atoms with Gasteiger partial charge in [-0.05, 0) is 51.2 Å². The largest absolute Gasteiger partial charge is 0.450 e. The first-order chi connectivity index (χ1) is 14.0. The number of para-hydroxylation sites is 1.